The minimum Gasteiger partial charge on any atom is -0.262 e. The van der Waals surface area contributed by atoms with Crippen molar-refractivity contribution < 1.29 is 2.74 Å². The van der Waals surface area contributed by atoms with Gasteiger partial charge in [-0.05, 0) is 71.9 Å². The average molecular weight is 433 g/mol. The van der Waals surface area contributed by atoms with Crippen molar-refractivity contribution in [3.05, 3.63) is 108 Å². The van der Waals surface area contributed by atoms with Crippen LogP contribution >= 0.6 is 11.3 Å². The summed E-state index contributed by atoms with van der Waals surface area (Å²) >= 11 is 1.79. The molecule has 154 valence electrons. The summed E-state index contributed by atoms with van der Waals surface area (Å²) in [5.74, 6) is 0. The fourth-order valence-electron chi connectivity index (χ4n) is 4.42. The van der Waals surface area contributed by atoms with E-state index in [1.165, 1.54) is 36.5 Å². The van der Waals surface area contributed by atoms with Gasteiger partial charge in [0.05, 0.1) is 5.69 Å². The van der Waals surface area contributed by atoms with Crippen LogP contribution in [0.4, 0.5) is 0 Å². The Hall–Kier alpha value is -3.56. The second kappa shape index (κ2) is 7.54. The first-order valence-corrected chi connectivity index (χ1v) is 11.5. The molecule has 0 saturated carbocycles. The maximum absolute atomic E-state index is 8.84. The summed E-state index contributed by atoms with van der Waals surface area (Å²) in [4.78, 5) is 8.88. The Morgan fingerprint density at radius 3 is 2.25 bits per heavy atom. The van der Waals surface area contributed by atoms with E-state index in [4.69, 9.17) is 2.74 Å². The molecular formula is C29H22N2S. The number of fused-ring (bicyclic) bond motifs is 5. The number of rotatable bonds is 3. The van der Waals surface area contributed by atoms with Gasteiger partial charge in [-0.3, -0.25) is 9.97 Å². The van der Waals surface area contributed by atoms with Gasteiger partial charge in [-0.1, -0.05) is 48.5 Å². The Bertz CT molecular complexity index is 1720. The molecular weight excluding hydrogens is 408 g/mol. The molecule has 3 aromatic carbocycles. The molecule has 0 unspecified atom stereocenters. The molecule has 0 fully saturated rings. The van der Waals surface area contributed by atoms with E-state index in [0.717, 1.165) is 17.0 Å². The standard InChI is InChI=1S/C29H22N2S/c1-18-5-3-6-23-22(18)9-10-25-24-7-4-8-26(29(24)32-28(23)25)27-17-21(12-14-31-27)16-20-11-13-30-19(2)15-20/h3-15,17H,16H2,1-2H3/i16D2. The maximum atomic E-state index is 8.84. The molecule has 2 nitrogen and oxygen atoms in total. The molecule has 0 N–H and O–H groups in total. The molecule has 0 aliphatic carbocycles. The van der Waals surface area contributed by atoms with E-state index < -0.39 is 6.37 Å². The SMILES string of the molecule is [2H]C([2H])(c1ccnc(C)c1)c1ccnc(-c2cccc3c2sc2c4cccc(C)c4ccc32)c1. The van der Waals surface area contributed by atoms with E-state index in [9.17, 15) is 0 Å². The van der Waals surface area contributed by atoms with Crippen molar-refractivity contribution in [3.63, 3.8) is 0 Å². The van der Waals surface area contributed by atoms with E-state index in [1.807, 2.05) is 13.0 Å². The summed E-state index contributed by atoms with van der Waals surface area (Å²) in [6.45, 7) is 4.03. The van der Waals surface area contributed by atoms with Crippen LogP contribution in [0.25, 0.3) is 42.2 Å². The minimum atomic E-state index is -1.65. The van der Waals surface area contributed by atoms with E-state index in [2.05, 4.69) is 65.4 Å². The Morgan fingerprint density at radius 1 is 0.719 bits per heavy atom. The molecule has 3 heterocycles. The predicted octanol–water partition coefficient (Wildman–Crippen LogP) is 7.87. The molecule has 32 heavy (non-hydrogen) atoms. The normalized spacial score (nSPS) is 12.9. The van der Waals surface area contributed by atoms with Crippen LogP contribution in [-0.2, 0) is 6.37 Å². The van der Waals surface area contributed by atoms with Gasteiger partial charge in [0.15, 0.2) is 0 Å². The molecule has 0 aliphatic rings. The Labute approximate surface area is 194 Å². The molecule has 0 spiro atoms. The fourth-order valence-corrected chi connectivity index (χ4v) is 5.77. The summed E-state index contributed by atoms with van der Waals surface area (Å²) in [5, 5.41) is 5.01. The van der Waals surface area contributed by atoms with Crippen LogP contribution in [0.1, 0.15) is 25.1 Å². The monoisotopic (exact) mass is 432 g/mol. The molecule has 3 aromatic heterocycles. The lowest BCUT2D eigenvalue weighted by atomic mass is 10.0. The molecule has 0 radical (unpaired) electrons. The molecule has 0 amide bonds. The Morgan fingerprint density at radius 2 is 1.41 bits per heavy atom. The number of hydrogen-bond acceptors (Lipinski definition) is 3. The third-order valence-corrected chi connectivity index (χ3v) is 7.25. The third kappa shape index (κ3) is 3.17. The van der Waals surface area contributed by atoms with Gasteiger partial charge in [-0.15, -0.1) is 11.3 Å². The molecule has 6 aromatic rings. The number of hydrogen-bond donors (Lipinski definition) is 0. The van der Waals surface area contributed by atoms with Gasteiger partial charge in [-0.2, -0.15) is 0 Å². The van der Waals surface area contributed by atoms with Crippen LogP contribution in [0.2, 0.25) is 0 Å². The highest BCUT2D eigenvalue weighted by Crippen LogP contribution is 2.42. The summed E-state index contributed by atoms with van der Waals surface area (Å²) in [5.41, 5.74) is 5.07. The first-order valence-electron chi connectivity index (χ1n) is 11.7. The number of benzene rings is 3. The highest BCUT2D eigenvalue weighted by molar-refractivity contribution is 7.27. The fraction of sp³-hybridized carbons (Fsp3) is 0.103. The number of aryl methyl sites for hydroxylation is 2. The summed E-state index contributed by atoms with van der Waals surface area (Å²) in [6, 6.07) is 24.4. The van der Waals surface area contributed by atoms with Gasteiger partial charge in [0, 0.05) is 46.6 Å². The lowest BCUT2D eigenvalue weighted by Gasteiger charge is -2.07. The number of pyridine rings is 2. The predicted molar refractivity (Wildman–Crippen MR) is 137 cm³/mol. The smallest absolute Gasteiger partial charge is 0.0719 e. The van der Waals surface area contributed by atoms with Crippen molar-refractivity contribution in [2.24, 2.45) is 0 Å². The number of aromatic nitrogens is 2. The highest BCUT2D eigenvalue weighted by Gasteiger charge is 2.14. The molecule has 0 aliphatic heterocycles. The highest BCUT2D eigenvalue weighted by atomic mass is 32.1. The summed E-state index contributed by atoms with van der Waals surface area (Å²) in [7, 11) is 0. The molecule has 6 rings (SSSR count). The van der Waals surface area contributed by atoms with Crippen LogP contribution in [0.3, 0.4) is 0 Å². The molecule has 0 atom stereocenters. The zero-order valence-corrected chi connectivity index (χ0v) is 18.7. The third-order valence-electron chi connectivity index (χ3n) is 5.96. The van der Waals surface area contributed by atoms with Gasteiger partial charge in [0.25, 0.3) is 0 Å². The summed E-state index contributed by atoms with van der Waals surface area (Å²) < 4.78 is 20.1. The lowest BCUT2D eigenvalue weighted by Crippen LogP contribution is -1.92. The largest absolute Gasteiger partial charge is 0.262 e. The van der Waals surface area contributed by atoms with Crippen LogP contribution in [0.5, 0.6) is 0 Å². The zero-order valence-electron chi connectivity index (χ0n) is 19.9. The Balaban J connectivity index is 1.55. The second-order valence-corrected chi connectivity index (χ2v) is 9.16. The van der Waals surface area contributed by atoms with Crippen molar-refractivity contribution in [3.8, 4) is 11.3 Å². The zero-order chi connectivity index (χ0) is 23.4. The van der Waals surface area contributed by atoms with E-state index >= 15 is 0 Å². The van der Waals surface area contributed by atoms with Crippen molar-refractivity contribution in [1.82, 2.24) is 9.97 Å². The maximum Gasteiger partial charge on any atom is 0.0719 e. The van der Waals surface area contributed by atoms with Crippen molar-refractivity contribution in [2.75, 3.05) is 0 Å². The molecule has 3 heteroatoms. The van der Waals surface area contributed by atoms with Gasteiger partial charge in [0.1, 0.15) is 0 Å². The lowest BCUT2D eigenvalue weighted by molar-refractivity contribution is 1.11. The average Bonchev–Trinajstić information content (AvgIpc) is 3.24. The van der Waals surface area contributed by atoms with E-state index in [0.29, 0.717) is 11.1 Å². The van der Waals surface area contributed by atoms with Gasteiger partial charge >= 0.3 is 0 Å². The van der Waals surface area contributed by atoms with Gasteiger partial charge < -0.3 is 0 Å². The topological polar surface area (TPSA) is 25.8 Å². The second-order valence-electron chi connectivity index (χ2n) is 8.14. The van der Waals surface area contributed by atoms with E-state index in [1.54, 1.807) is 41.9 Å². The van der Waals surface area contributed by atoms with Crippen LogP contribution < -0.4 is 0 Å². The summed E-state index contributed by atoms with van der Waals surface area (Å²) in [6.07, 6.45) is 1.73. The van der Waals surface area contributed by atoms with Crippen LogP contribution in [-0.4, -0.2) is 9.97 Å². The van der Waals surface area contributed by atoms with E-state index in [-0.39, 0.29) is 0 Å². The van der Waals surface area contributed by atoms with Crippen molar-refractivity contribution in [2.45, 2.75) is 20.2 Å². The molecule has 0 bridgehead atoms. The molecule has 0 saturated heterocycles. The number of thiophene rings is 1. The number of nitrogens with zero attached hydrogens (tertiary/aromatic N) is 2. The first-order chi connectivity index (χ1) is 16.4. The van der Waals surface area contributed by atoms with Crippen LogP contribution in [0.15, 0.2) is 85.2 Å². The van der Waals surface area contributed by atoms with Gasteiger partial charge in [0.2, 0.25) is 0 Å². The quantitative estimate of drug-likeness (QED) is 0.284. The minimum absolute atomic E-state index is 0.585. The van der Waals surface area contributed by atoms with Crippen LogP contribution in [0, 0.1) is 13.8 Å². The Kier molecular flexibility index (Phi) is 4.02. The van der Waals surface area contributed by atoms with Crippen molar-refractivity contribution in [1.29, 1.82) is 0 Å². The van der Waals surface area contributed by atoms with Crippen molar-refractivity contribution >= 4 is 42.3 Å². The van der Waals surface area contributed by atoms with Gasteiger partial charge in [-0.25, -0.2) is 0 Å². The first kappa shape index (κ1) is 17.0.